The van der Waals surface area contributed by atoms with E-state index < -0.39 is 18.5 Å². The summed E-state index contributed by atoms with van der Waals surface area (Å²) < 4.78 is 5.04. The number of amides is 2. The topological polar surface area (TPSA) is 117 Å². The lowest BCUT2D eigenvalue weighted by Gasteiger charge is -2.05. The number of rotatable bonds is 19. The minimum atomic E-state index is -1.05. The molecular formula is C25H39N3O5. The van der Waals surface area contributed by atoms with Crippen molar-refractivity contribution in [3.8, 4) is 5.75 Å². The fourth-order valence-corrected chi connectivity index (χ4v) is 3.23. The molecule has 1 aromatic carbocycles. The second-order valence-corrected chi connectivity index (χ2v) is 8.11. The highest BCUT2D eigenvalue weighted by atomic mass is 16.5. The molecule has 0 aliphatic heterocycles. The van der Waals surface area contributed by atoms with Gasteiger partial charge in [0.25, 0.3) is 5.91 Å². The highest BCUT2D eigenvalue weighted by molar-refractivity contribution is 5.86. The number of benzene rings is 1. The minimum Gasteiger partial charge on any atom is -0.482 e. The van der Waals surface area contributed by atoms with E-state index in [0.29, 0.717) is 17.7 Å². The van der Waals surface area contributed by atoms with E-state index in [1.54, 1.807) is 24.3 Å². The van der Waals surface area contributed by atoms with Gasteiger partial charge in [0.1, 0.15) is 5.75 Å². The number of unbranched alkanes of at least 4 members (excludes halogenated alkanes) is 10. The van der Waals surface area contributed by atoms with Crippen LogP contribution in [0.5, 0.6) is 5.75 Å². The fraction of sp³-hybridized carbons (Fsp3) is 0.600. The van der Waals surface area contributed by atoms with Crippen LogP contribution in [-0.4, -0.2) is 42.3 Å². The molecule has 0 atom stereocenters. The van der Waals surface area contributed by atoms with Crippen LogP contribution in [0.3, 0.4) is 0 Å². The number of carbonyl (C=O) groups excluding carboxylic acids is 2. The lowest BCUT2D eigenvalue weighted by Crippen LogP contribution is -2.34. The van der Waals surface area contributed by atoms with Crippen LogP contribution in [-0.2, 0) is 14.4 Å². The highest BCUT2D eigenvalue weighted by Crippen LogP contribution is 2.12. The quantitative estimate of drug-likeness (QED) is 0.160. The predicted molar refractivity (Wildman–Crippen MR) is 129 cm³/mol. The molecule has 0 unspecified atom stereocenters. The Hall–Kier alpha value is -2.90. The van der Waals surface area contributed by atoms with Crippen LogP contribution in [0.1, 0.15) is 89.5 Å². The Morgan fingerprint density at radius 2 is 1.45 bits per heavy atom. The van der Waals surface area contributed by atoms with Crippen molar-refractivity contribution in [3.63, 3.8) is 0 Å². The van der Waals surface area contributed by atoms with Crippen LogP contribution in [0.4, 0.5) is 0 Å². The molecule has 0 bridgehead atoms. The lowest BCUT2D eigenvalue weighted by molar-refractivity contribution is -0.139. The Morgan fingerprint density at radius 3 is 2.03 bits per heavy atom. The molecule has 1 rings (SSSR count). The van der Waals surface area contributed by atoms with Crippen LogP contribution >= 0.6 is 0 Å². The summed E-state index contributed by atoms with van der Waals surface area (Å²) in [4.78, 5) is 34.1. The maximum atomic E-state index is 11.9. The molecule has 8 nitrogen and oxygen atoms in total. The SMILES string of the molecule is CCCCCCCCCCCCCC(=O)NCC(=O)N/N=C/c1ccc(OCC(=O)O)cc1. The number of hydrazone groups is 1. The second kappa shape index (κ2) is 18.7. The summed E-state index contributed by atoms with van der Waals surface area (Å²) in [6, 6.07) is 6.59. The molecular weight excluding hydrogens is 422 g/mol. The molecule has 0 aliphatic rings. The standard InChI is InChI=1S/C25H39N3O5/c1-2-3-4-5-6-7-8-9-10-11-12-13-23(29)26-19-24(30)28-27-18-21-14-16-22(17-15-21)33-20-25(31)32/h14-18H,2-13,19-20H2,1H3,(H,26,29)(H,28,30)(H,31,32)/b27-18+. The third-order valence-electron chi connectivity index (χ3n) is 5.10. The molecule has 184 valence electrons. The van der Waals surface area contributed by atoms with E-state index in [9.17, 15) is 14.4 Å². The van der Waals surface area contributed by atoms with Gasteiger partial charge in [0.05, 0.1) is 12.8 Å². The van der Waals surface area contributed by atoms with Crippen molar-refractivity contribution in [2.45, 2.75) is 84.0 Å². The van der Waals surface area contributed by atoms with E-state index in [0.717, 1.165) is 19.3 Å². The molecule has 33 heavy (non-hydrogen) atoms. The average Bonchev–Trinajstić information content (AvgIpc) is 2.80. The van der Waals surface area contributed by atoms with Gasteiger partial charge in [-0.1, -0.05) is 71.1 Å². The Morgan fingerprint density at radius 1 is 0.879 bits per heavy atom. The molecule has 0 saturated heterocycles. The van der Waals surface area contributed by atoms with Gasteiger partial charge in [0.15, 0.2) is 6.61 Å². The fourth-order valence-electron chi connectivity index (χ4n) is 3.23. The summed E-state index contributed by atoms with van der Waals surface area (Å²) in [6.45, 7) is 1.71. The van der Waals surface area contributed by atoms with E-state index in [1.165, 1.54) is 57.6 Å². The molecule has 0 aliphatic carbocycles. The first-order valence-electron chi connectivity index (χ1n) is 12.0. The summed E-state index contributed by atoms with van der Waals surface area (Å²) in [6.07, 6.45) is 15.4. The Bertz CT molecular complexity index is 719. The van der Waals surface area contributed by atoms with Crippen molar-refractivity contribution < 1.29 is 24.2 Å². The van der Waals surface area contributed by atoms with Gasteiger partial charge < -0.3 is 15.2 Å². The van der Waals surface area contributed by atoms with Crippen molar-refractivity contribution in [2.75, 3.05) is 13.2 Å². The molecule has 0 saturated carbocycles. The van der Waals surface area contributed by atoms with E-state index >= 15 is 0 Å². The molecule has 8 heteroatoms. The largest absolute Gasteiger partial charge is 0.482 e. The maximum absolute atomic E-state index is 11.9. The summed E-state index contributed by atoms with van der Waals surface area (Å²) >= 11 is 0. The minimum absolute atomic E-state index is 0.115. The van der Waals surface area contributed by atoms with E-state index in [4.69, 9.17) is 9.84 Å². The number of carboxylic acid groups (broad SMARTS) is 1. The first kappa shape index (κ1) is 28.1. The Balaban J connectivity index is 2.03. The van der Waals surface area contributed by atoms with Gasteiger partial charge in [-0.25, -0.2) is 10.2 Å². The third kappa shape index (κ3) is 16.4. The second-order valence-electron chi connectivity index (χ2n) is 8.11. The maximum Gasteiger partial charge on any atom is 0.341 e. The van der Waals surface area contributed by atoms with Gasteiger partial charge in [-0.15, -0.1) is 0 Å². The predicted octanol–water partition coefficient (Wildman–Crippen LogP) is 4.42. The van der Waals surface area contributed by atoms with Crippen molar-refractivity contribution in [1.29, 1.82) is 0 Å². The first-order valence-corrected chi connectivity index (χ1v) is 12.0. The number of hydrogen-bond donors (Lipinski definition) is 3. The van der Waals surface area contributed by atoms with Crippen LogP contribution < -0.4 is 15.5 Å². The Labute approximate surface area is 197 Å². The molecule has 0 aromatic heterocycles. The number of carboxylic acids is 1. The summed E-state index contributed by atoms with van der Waals surface area (Å²) in [5, 5.41) is 15.0. The Kier molecular flexibility index (Phi) is 15.9. The number of nitrogens with zero attached hydrogens (tertiary/aromatic N) is 1. The molecule has 0 fully saturated rings. The summed E-state index contributed by atoms with van der Waals surface area (Å²) in [5.41, 5.74) is 3.07. The van der Waals surface area contributed by atoms with Crippen LogP contribution in [0.25, 0.3) is 0 Å². The van der Waals surface area contributed by atoms with Crippen molar-refractivity contribution >= 4 is 24.0 Å². The smallest absolute Gasteiger partial charge is 0.341 e. The zero-order valence-electron chi connectivity index (χ0n) is 19.8. The number of nitrogens with one attached hydrogen (secondary N) is 2. The number of hydrogen-bond acceptors (Lipinski definition) is 5. The van der Waals surface area contributed by atoms with Crippen LogP contribution in [0.15, 0.2) is 29.4 Å². The van der Waals surface area contributed by atoms with Gasteiger partial charge in [-0.3, -0.25) is 9.59 Å². The monoisotopic (exact) mass is 461 g/mol. The van der Waals surface area contributed by atoms with Crippen molar-refractivity contribution in [1.82, 2.24) is 10.7 Å². The zero-order chi connectivity index (χ0) is 24.2. The highest BCUT2D eigenvalue weighted by Gasteiger charge is 2.05. The first-order chi connectivity index (χ1) is 16.0. The van der Waals surface area contributed by atoms with Gasteiger partial charge in [0, 0.05) is 6.42 Å². The number of carbonyl (C=O) groups is 3. The van der Waals surface area contributed by atoms with Gasteiger partial charge >= 0.3 is 5.97 Å². The molecule has 0 radical (unpaired) electrons. The number of ether oxygens (including phenoxy) is 1. The van der Waals surface area contributed by atoms with Gasteiger partial charge in [-0.05, 0) is 36.2 Å². The summed E-state index contributed by atoms with van der Waals surface area (Å²) in [5.74, 6) is -1.14. The van der Waals surface area contributed by atoms with Crippen molar-refractivity contribution in [3.05, 3.63) is 29.8 Å². The molecule has 2 amide bonds. The lowest BCUT2D eigenvalue weighted by atomic mass is 10.1. The zero-order valence-corrected chi connectivity index (χ0v) is 19.8. The third-order valence-corrected chi connectivity index (χ3v) is 5.10. The van der Waals surface area contributed by atoms with Crippen LogP contribution in [0, 0.1) is 0 Å². The average molecular weight is 462 g/mol. The number of aliphatic carboxylic acids is 1. The van der Waals surface area contributed by atoms with Gasteiger partial charge in [-0.2, -0.15) is 5.10 Å². The molecule has 3 N–H and O–H groups in total. The van der Waals surface area contributed by atoms with Crippen LogP contribution in [0.2, 0.25) is 0 Å². The molecule has 1 aromatic rings. The molecule has 0 heterocycles. The van der Waals surface area contributed by atoms with E-state index in [2.05, 4.69) is 22.8 Å². The van der Waals surface area contributed by atoms with E-state index in [-0.39, 0.29) is 12.5 Å². The van der Waals surface area contributed by atoms with Gasteiger partial charge in [0.2, 0.25) is 5.91 Å². The summed E-state index contributed by atoms with van der Waals surface area (Å²) in [7, 11) is 0. The molecule has 0 spiro atoms. The van der Waals surface area contributed by atoms with Crippen molar-refractivity contribution in [2.24, 2.45) is 5.10 Å². The van der Waals surface area contributed by atoms with E-state index in [1.807, 2.05) is 0 Å². The normalized spacial score (nSPS) is 10.8.